The van der Waals surface area contributed by atoms with Gasteiger partial charge >= 0.3 is 39.5 Å². The molecule has 0 aliphatic heterocycles. The Bertz CT molecular complexity index is 1550. The number of hydrogen-bond donors (Lipinski definition) is 3. The lowest BCUT2D eigenvalue weighted by molar-refractivity contribution is -0.161. The first-order chi connectivity index (χ1) is 37.4. The molecule has 78 heavy (non-hydrogen) atoms. The quantitative estimate of drug-likeness (QED) is 0.0222. The number of phosphoric ester groups is 2. The topological polar surface area (TPSA) is 237 Å². The fourth-order valence-electron chi connectivity index (χ4n) is 8.65. The maximum atomic E-state index is 12.9. The lowest BCUT2D eigenvalue weighted by Crippen LogP contribution is -2.30. The molecule has 0 aliphatic rings. The Morgan fingerprint density at radius 2 is 0.590 bits per heavy atom. The van der Waals surface area contributed by atoms with Gasteiger partial charge in [0.15, 0.2) is 12.2 Å². The number of esters is 4. The zero-order valence-electron chi connectivity index (χ0n) is 50.0. The van der Waals surface area contributed by atoms with Crippen molar-refractivity contribution < 1.29 is 80.2 Å². The highest BCUT2D eigenvalue weighted by Gasteiger charge is 2.30. The molecule has 5 atom stereocenters. The number of unbranched alkanes of at least 4 members (excludes halogenated alkanes) is 28. The molecule has 17 nitrogen and oxygen atoms in total. The van der Waals surface area contributed by atoms with Gasteiger partial charge in [-0.2, -0.15) is 0 Å². The Balaban J connectivity index is 5.22. The molecule has 0 amide bonds. The standard InChI is InChI=1S/C59H114O17P2/c1-7-9-11-13-15-23-29-35-41-56(61)69-47-54(75-58(63)43-37-31-24-16-14-12-10-8-2)49-73-77(65,66)71-45-53(60)46-72-78(67,68)74-50-55(48-70-57(62)42-36-30-26-20-22-28-34-40-52(5)6)76-59(64)44-38-32-25-19-17-18-21-27-33-39-51(3)4/h51-55,60H,7-50H2,1-6H3,(H,65,66)(H,67,68)/t53-,54+,55+/m0/s1. The van der Waals surface area contributed by atoms with Crippen LogP contribution in [0.25, 0.3) is 0 Å². The van der Waals surface area contributed by atoms with Crippen LogP contribution >= 0.6 is 15.6 Å². The van der Waals surface area contributed by atoms with Crippen LogP contribution in [0.5, 0.6) is 0 Å². The highest BCUT2D eigenvalue weighted by atomic mass is 31.2. The van der Waals surface area contributed by atoms with Crippen molar-refractivity contribution in [3.63, 3.8) is 0 Å². The molecule has 0 radical (unpaired) electrons. The molecule has 0 saturated carbocycles. The van der Waals surface area contributed by atoms with E-state index in [0.29, 0.717) is 31.6 Å². The fourth-order valence-corrected chi connectivity index (χ4v) is 10.2. The van der Waals surface area contributed by atoms with E-state index in [9.17, 15) is 43.2 Å². The number of ether oxygens (including phenoxy) is 4. The summed E-state index contributed by atoms with van der Waals surface area (Å²) in [5, 5.41) is 10.5. The summed E-state index contributed by atoms with van der Waals surface area (Å²) in [6, 6.07) is 0. The summed E-state index contributed by atoms with van der Waals surface area (Å²) in [7, 11) is -9.87. The van der Waals surface area contributed by atoms with Crippen LogP contribution in [0.1, 0.15) is 286 Å². The van der Waals surface area contributed by atoms with Crippen molar-refractivity contribution in [1.82, 2.24) is 0 Å². The van der Waals surface area contributed by atoms with Gasteiger partial charge in [-0.25, -0.2) is 9.13 Å². The van der Waals surface area contributed by atoms with E-state index in [0.717, 1.165) is 115 Å². The molecule has 2 unspecified atom stereocenters. The first-order valence-electron chi connectivity index (χ1n) is 31.0. The van der Waals surface area contributed by atoms with E-state index in [2.05, 4.69) is 41.5 Å². The van der Waals surface area contributed by atoms with Crippen molar-refractivity contribution in [1.29, 1.82) is 0 Å². The van der Waals surface area contributed by atoms with E-state index in [1.807, 2.05) is 0 Å². The second-order valence-corrected chi connectivity index (χ2v) is 25.2. The predicted octanol–water partition coefficient (Wildman–Crippen LogP) is 15.7. The van der Waals surface area contributed by atoms with Gasteiger partial charge in [0.25, 0.3) is 0 Å². The van der Waals surface area contributed by atoms with Crippen molar-refractivity contribution >= 4 is 39.5 Å². The number of rotatable bonds is 58. The average molecular weight is 1160 g/mol. The number of carbonyl (C=O) groups is 4. The van der Waals surface area contributed by atoms with Crippen molar-refractivity contribution in [3.05, 3.63) is 0 Å². The van der Waals surface area contributed by atoms with Gasteiger partial charge in [-0.3, -0.25) is 37.3 Å². The normalized spacial score (nSPS) is 14.4. The highest BCUT2D eigenvalue weighted by molar-refractivity contribution is 7.47. The molecule has 0 bridgehead atoms. The molecular weight excluding hydrogens is 1040 g/mol. The van der Waals surface area contributed by atoms with Crippen LogP contribution in [0.3, 0.4) is 0 Å². The van der Waals surface area contributed by atoms with Crippen LogP contribution in [-0.2, 0) is 65.4 Å². The van der Waals surface area contributed by atoms with Crippen LogP contribution in [0.4, 0.5) is 0 Å². The van der Waals surface area contributed by atoms with Gasteiger partial charge in [-0.05, 0) is 37.5 Å². The third kappa shape index (κ3) is 53.4. The Labute approximate surface area is 473 Å². The van der Waals surface area contributed by atoms with Gasteiger partial charge in [0, 0.05) is 25.7 Å². The zero-order chi connectivity index (χ0) is 58.0. The first-order valence-corrected chi connectivity index (χ1v) is 34.0. The van der Waals surface area contributed by atoms with Crippen molar-refractivity contribution in [3.8, 4) is 0 Å². The van der Waals surface area contributed by atoms with E-state index in [1.165, 1.54) is 83.5 Å². The second-order valence-electron chi connectivity index (χ2n) is 22.3. The maximum Gasteiger partial charge on any atom is 0.472 e. The summed E-state index contributed by atoms with van der Waals surface area (Å²) < 4.78 is 67.6. The lowest BCUT2D eigenvalue weighted by atomic mass is 10.0. The van der Waals surface area contributed by atoms with E-state index >= 15 is 0 Å². The third-order valence-electron chi connectivity index (χ3n) is 13.5. The van der Waals surface area contributed by atoms with Crippen LogP contribution in [-0.4, -0.2) is 96.7 Å². The maximum absolute atomic E-state index is 12.9. The van der Waals surface area contributed by atoms with E-state index in [-0.39, 0.29) is 25.7 Å². The molecule has 0 aromatic carbocycles. The van der Waals surface area contributed by atoms with Gasteiger partial charge in [0.05, 0.1) is 26.4 Å². The monoisotopic (exact) mass is 1160 g/mol. The summed E-state index contributed by atoms with van der Waals surface area (Å²) in [5.41, 5.74) is 0. The van der Waals surface area contributed by atoms with Crippen LogP contribution in [0.15, 0.2) is 0 Å². The van der Waals surface area contributed by atoms with Crippen LogP contribution < -0.4 is 0 Å². The van der Waals surface area contributed by atoms with Gasteiger partial charge in [0.1, 0.15) is 19.3 Å². The Morgan fingerprint density at radius 1 is 0.346 bits per heavy atom. The van der Waals surface area contributed by atoms with E-state index in [4.69, 9.17) is 37.0 Å². The Kier molecular flexibility index (Phi) is 50.6. The van der Waals surface area contributed by atoms with Gasteiger partial charge in [-0.1, -0.05) is 234 Å². The van der Waals surface area contributed by atoms with Crippen molar-refractivity contribution in [2.24, 2.45) is 11.8 Å². The molecule has 0 heterocycles. The summed E-state index contributed by atoms with van der Waals surface area (Å²) in [6.07, 6.45) is 32.3. The number of hydrogen-bond acceptors (Lipinski definition) is 15. The summed E-state index contributed by atoms with van der Waals surface area (Å²) in [6.45, 7) is 9.32. The molecule has 0 spiro atoms. The Hall–Kier alpha value is -1.94. The molecular formula is C59H114O17P2. The number of phosphoric acid groups is 2. The van der Waals surface area contributed by atoms with Crippen LogP contribution in [0.2, 0.25) is 0 Å². The minimum atomic E-state index is -4.94. The minimum absolute atomic E-state index is 0.104. The first kappa shape index (κ1) is 76.1. The predicted molar refractivity (Wildman–Crippen MR) is 308 cm³/mol. The molecule has 0 aromatic heterocycles. The van der Waals surface area contributed by atoms with E-state index in [1.54, 1.807) is 0 Å². The molecule has 0 rings (SSSR count). The van der Waals surface area contributed by atoms with Gasteiger partial charge in [-0.15, -0.1) is 0 Å². The van der Waals surface area contributed by atoms with E-state index < -0.39 is 97.5 Å². The molecule has 19 heteroatoms. The molecule has 0 aromatic rings. The Morgan fingerprint density at radius 3 is 0.872 bits per heavy atom. The minimum Gasteiger partial charge on any atom is -0.462 e. The number of aliphatic hydroxyl groups is 1. The third-order valence-corrected chi connectivity index (χ3v) is 15.4. The van der Waals surface area contributed by atoms with Crippen molar-refractivity contribution in [2.45, 2.75) is 304 Å². The number of aliphatic hydroxyl groups excluding tert-OH is 1. The smallest absolute Gasteiger partial charge is 0.462 e. The summed E-state index contributed by atoms with van der Waals surface area (Å²) in [5.74, 6) is -0.706. The molecule has 0 saturated heterocycles. The summed E-state index contributed by atoms with van der Waals surface area (Å²) in [4.78, 5) is 71.8. The molecule has 3 N–H and O–H groups in total. The SMILES string of the molecule is CCCCCCCCCCC(=O)OC[C@H](COP(=O)(O)OC[C@H](O)COP(=O)(O)OC[C@@H](COC(=O)CCCCCCCCCC(C)C)OC(=O)CCCCCCCCCCCC(C)C)OC(=O)CCCCCCCCCC. The van der Waals surface area contributed by atoms with Crippen LogP contribution in [0, 0.1) is 11.8 Å². The average Bonchev–Trinajstić information content (AvgIpc) is 3.39. The highest BCUT2D eigenvalue weighted by Crippen LogP contribution is 2.45. The number of carbonyl (C=O) groups excluding carboxylic acids is 4. The second kappa shape index (κ2) is 51.9. The molecule has 462 valence electrons. The molecule has 0 fully saturated rings. The molecule has 0 aliphatic carbocycles. The van der Waals surface area contributed by atoms with Gasteiger partial charge in [0.2, 0.25) is 0 Å². The van der Waals surface area contributed by atoms with Gasteiger partial charge < -0.3 is 33.8 Å². The lowest BCUT2D eigenvalue weighted by Gasteiger charge is -2.21. The fraction of sp³-hybridized carbons (Fsp3) is 0.932. The largest absolute Gasteiger partial charge is 0.472 e. The zero-order valence-corrected chi connectivity index (χ0v) is 51.7. The van der Waals surface area contributed by atoms with Crippen molar-refractivity contribution in [2.75, 3.05) is 39.6 Å². The summed E-state index contributed by atoms with van der Waals surface area (Å²) >= 11 is 0.